The van der Waals surface area contributed by atoms with Gasteiger partial charge in [0.15, 0.2) is 11.6 Å². The number of hydrogen-bond acceptors (Lipinski definition) is 3. The Morgan fingerprint density at radius 3 is 3.00 bits per heavy atom. The Balaban J connectivity index is 1.65. The van der Waals surface area contributed by atoms with E-state index in [2.05, 4.69) is 24.1 Å². The van der Waals surface area contributed by atoms with Crippen molar-refractivity contribution >= 4 is 5.82 Å². The van der Waals surface area contributed by atoms with Crippen LogP contribution in [-0.4, -0.2) is 17.6 Å². The minimum Gasteiger partial charge on any atom is -0.490 e. The van der Waals surface area contributed by atoms with Crippen LogP contribution >= 0.6 is 0 Å². The molecule has 3 nitrogen and oxygen atoms in total. The van der Waals surface area contributed by atoms with Crippen LogP contribution < -0.4 is 10.1 Å². The quantitative estimate of drug-likeness (QED) is 0.847. The van der Waals surface area contributed by atoms with Crippen molar-refractivity contribution in [2.75, 3.05) is 11.9 Å². The molecule has 2 bridgehead atoms. The maximum atomic E-state index is 5.79. The molecule has 1 heterocycles. The van der Waals surface area contributed by atoms with E-state index >= 15 is 0 Å². The summed E-state index contributed by atoms with van der Waals surface area (Å²) < 4.78 is 5.79. The lowest BCUT2D eigenvalue weighted by Crippen LogP contribution is -2.30. The second-order valence-corrected chi connectivity index (χ2v) is 6.47. The van der Waals surface area contributed by atoms with Crippen LogP contribution in [0.25, 0.3) is 0 Å². The largest absolute Gasteiger partial charge is 0.490 e. The molecule has 1 N–H and O–H groups in total. The highest BCUT2D eigenvalue weighted by atomic mass is 16.5. The molecule has 0 saturated heterocycles. The third-order valence-electron chi connectivity index (χ3n) is 5.03. The zero-order valence-corrected chi connectivity index (χ0v) is 12.6. The van der Waals surface area contributed by atoms with E-state index in [9.17, 15) is 0 Å². The van der Waals surface area contributed by atoms with Crippen molar-refractivity contribution in [1.29, 1.82) is 0 Å². The average Bonchev–Trinajstić information content (AvgIpc) is 3.09. The fourth-order valence-electron chi connectivity index (χ4n) is 4.06. The Bertz CT molecular complexity index is 448. The lowest BCUT2D eigenvalue weighted by Gasteiger charge is -2.29. The van der Waals surface area contributed by atoms with Gasteiger partial charge in [-0.25, -0.2) is 4.98 Å². The van der Waals surface area contributed by atoms with Crippen molar-refractivity contribution in [3.8, 4) is 5.75 Å². The SMILES string of the molecule is CCCOc1cccnc1NC(C)C1CC2CCC1C2. The number of anilines is 1. The van der Waals surface area contributed by atoms with Gasteiger partial charge in [-0.1, -0.05) is 13.3 Å². The normalized spacial score (nSPS) is 29.4. The van der Waals surface area contributed by atoms with E-state index < -0.39 is 0 Å². The molecule has 3 rings (SSSR count). The van der Waals surface area contributed by atoms with Crippen molar-refractivity contribution in [1.82, 2.24) is 4.98 Å². The summed E-state index contributed by atoms with van der Waals surface area (Å²) in [6.45, 7) is 5.19. The fraction of sp³-hybridized carbons (Fsp3) is 0.706. The molecule has 0 amide bonds. The molecule has 4 atom stereocenters. The molecule has 2 aliphatic rings. The molecular formula is C17H26N2O. The zero-order valence-electron chi connectivity index (χ0n) is 12.6. The number of nitrogens with one attached hydrogen (secondary N) is 1. The summed E-state index contributed by atoms with van der Waals surface area (Å²) >= 11 is 0. The molecule has 110 valence electrons. The van der Waals surface area contributed by atoms with Crippen LogP contribution in [0, 0.1) is 17.8 Å². The van der Waals surface area contributed by atoms with Gasteiger partial charge in [-0.2, -0.15) is 0 Å². The van der Waals surface area contributed by atoms with Gasteiger partial charge < -0.3 is 10.1 Å². The van der Waals surface area contributed by atoms with Gasteiger partial charge in [0.2, 0.25) is 0 Å². The number of aromatic nitrogens is 1. The standard InChI is InChI=1S/C17H26N2O/c1-3-9-20-16-5-4-8-18-17(16)19-12(2)15-11-13-6-7-14(15)10-13/h4-5,8,12-15H,3,6-7,9-11H2,1-2H3,(H,18,19). The van der Waals surface area contributed by atoms with Gasteiger partial charge in [-0.05, 0) is 62.5 Å². The van der Waals surface area contributed by atoms with Crippen molar-refractivity contribution in [3.63, 3.8) is 0 Å². The number of pyridine rings is 1. The van der Waals surface area contributed by atoms with E-state index in [0.717, 1.165) is 42.3 Å². The van der Waals surface area contributed by atoms with Crippen LogP contribution in [-0.2, 0) is 0 Å². The van der Waals surface area contributed by atoms with E-state index in [0.29, 0.717) is 6.04 Å². The first-order valence-electron chi connectivity index (χ1n) is 8.12. The van der Waals surface area contributed by atoms with Crippen molar-refractivity contribution in [2.45, 2.75) is 52.0 Å². The Hall–Kier alpha value is -1.25. The highest BCUT2D eigenvalue weighted by Crippen LogP contribution is 2.50. The molecule has 2 fully saturated rings. The lowest BCUT2D eigenvalue weighted by atomic mass is 9.84. The van der Waals surface area contributed by atoms with Crippen LogP contribution in [0.5, 0.6) is 5.75 Å². The number of ether oxygens (including phenoxy) is 1. The predicted octanol–water partition coefficient (Wildman–Crippen LogP) is 4.11. The van der Waals surface area contributed by atoms with Gasteiger partial charge in [0.25, 0.3) is 0 Å². The third-order valence-corrected chi connectivity index (χ3v) is 5.03. The van der Waals surface area contributed by atoms with Gasteiger partial charge in [-0.15, -0.1) is 0 Å². The minimum atomic E-state index is 0.490. The van der Waals surface area contributed by atoms with Gasteiger partial charge in [0.1, 0.15) is 0 Å². The molecule has 3 heteroatoms. The van der Waals surface area contributed by atoms with Crippen LogP contribution in [0.2, 0.25) is 0 Å². The number of hydrogen-bond donors (Lipinski definition) is 1. The summed E-state index contributed by atoms with van der Waals surface area (Å²) in [5.74, 6) is 4.55. The second-order valence-electron chi connectivity index (χ2n) is 6.47. The molecule has 1 aromatic rings. The molecule has 20 heavy (non-hydrogen) atoms. The van der Waals surface area contributed by atoms with E-state index in [1.54, 1.807) is 0 Å². The summed E-state index contributed by atoms with van der Waals surface area (Å²) in [5.41, 5.74) is 0. The summed E-state index contributed by atoms with van der Waals surface area (Å²) in [6, 6.07) is 4.45. The van der Waals surface area contributed by atoms with Gasteiger partial charge in [0.05, 0.1) is 6.61 Å². The summed E-state index contributed by atoms with van der Waals surface area (Å²) in [4.78, 5) is 4.47. The molecule has 2 saturated carbocycles. The van der Waals surface area contributed by atoms with Crippen LogP contribution in [0.15, 0.2) is 18.3 Å². The maximum absolute atomic E-state index is 5.79. The highest BCUT2D eigenvalue weighted by molar-refractivity contribution is 5.50. The van der Waals surface area contributed by atoms with Gasteiger partial charge >= 0.3 is 0 Å². The minimum absolute atomic E-state index is 0.490. The Labute approximate surface area is 122 Å². The van der Waals surface area contributed by atoms with E-state index in [-0.39, 0.29) is 0 Å². The first kappa shape index (κ1) is 13.7. The predicted molar refractivity (Wildman–Crippen MR) is 82.0 cm³/mol. The van der Waals surface area contributed by atoms with Gasteiger partial charge in [0, 0.05) is 12.2 Å². The first-order valence-corrected chi connectivity index (χ1v) is 8.12. The molecule has 4 unspecified atom stereocenters. The number of nitrogens with zero attached hydrogens (tertiary/aromatic N) is 1. The smallest absolute Gasteiger partial charge is 0.168 e. The first-order chi connectivity index (χ1) is 9.78. The van der Waals surface area contributed by atoms with E-state index in [1.165, 1.54) is 25.7 Å². The Morgan fingerprint density at radius 2 is 2.30 bits per heavy atom. The average molecular weight is 274 g/mol. The van der Waals surface area contributed by atoms with E-state index in [1.807, 2.05) is 18.3 Å². The lowest BCUT2D eigenvalue weighted by molar-refractivity contribution is 0.299. The maximum Gasteiger partial charge on any atom is 0.168 e. The van der Waals surface area contributed by atoms with Gasteiger partial charge in [-0.3, -0.25) is 0 Å². The molecular weight excluding hydrogens is 248 g/mol. The van der Waals surface area contributed by atoms with Crippen LogP contribution in [0.3, 0.4) is 0 Å². The number of fused-ring (bicyclic) bond motifs is 2. The molecule has 0 aromatic carbocycles. The molecule has 1 aromatic heterocycles. The highest BCUT2D eigenvalue weighted by Gasteiger charge is 2.41. The van der Waals surface area contributed by atoms with E-state index in [4.69, 9.17) is 4.74 Å². The Kier molecular flexibility index (Phi) is 4.13. The third kappa shape index (κ3) is 2.77. The molecule has 0 spiro atoms. The van der Waals surface area contributed by atoms with Crippen molar-refractivity contribution in [3.05, 3.63) is 18.3 Å². The van der Waals surface area contributed by atoms with Crippen LogP contribution in [0.4, 0.5) is 5.82 Å². The summed E-state index contributed by atoms with van der Waals surface area (Å²) in [6.07, 6.45) is 8.62. The monoisotopic (exact) mass is 274 g/mol. The molecule has 0 radical (unpaired) electrons. The topological polar surface area (TPSA) is 34.1 Å². The summed E-state index contributed by atoms with van der Waals surface area (Å²) in [7, 11) is 0. The molecule has 2 aliphatic carbocycles. The number of rotatable bonds is 6. The van der Waals surface area contributed by atoms with Crippen LogP contribution in [0.1, 0.15) is 46.0 Å². The fourth-order valence-corrected chi connectivity index (χ4v) is 4.06. The summed E-state index contributed by atoms with van der Waals surface area (Å²) in [5, 5.41) is 3.61. The zero-order chi connectivity index (χ0) is 13.9. The molecule has 0 aliphatic heterocycles. The second kappa shape index (κ2) is 6.02. The van der Waals surface area contributed by atoms with Crippen molar-refractivity contribution < 1.29 is 4.74 Å². The Morgan fingerprint density at radius 1 is 1.40 bits per heavy atom. The van der Waals surface area contributed by atoms with Crippen molar-refractivity contribution in [2.24, 2.45) is 17.8 Å².